The molecule has 0 amide bonds. The van der Waals surface area contributed by atoms with Crippen molar-refractivity contribution >= 4 is 17.7 Å². The first-order chi connectivity index (χ1) is 11.2. The molecule has 1 unspecified atom stereocenters. The third kappa shape index (κ3) is 4.00. The molecule has 2 aliphatic rings. The third-order valence-corrected chi connectivity index (χ3v) is 6.50. The van der Waals surface area contributed by atoms with Crippen LogP contribution in [-0.4, -0.2) is 37.1 Å². The van der Waals surface area contributed by atoms with E-state index in [-0.39, 0.29) is 11.2 Å². The maximum Gasteiger partial charge on any atom is 0.191 e. The molecular weight excluding hydrogens is 309 g/mol. The summed E-state index contributed by atoms with van der Waals surface area (Å²) in [6.45, 7) is 1.84. The fourth-order valence-electron chi connectivity index (χ4n) is 3.46. The summed E-state index contributed by atoms with van der Waals surface area (Å²) >= 11 is 2.05. The largest absolute Gasteiger partial charge is 0.356 e. The van der Waals surface area contributed by atoms with Gasteiger partial charge in [-0.3, -0.25) is 4.99 Å². The maximum atomic E-state index is 13.2. The highest BCUT2D eigenvalue weighted by atomic mass is 32.2. The highest BCUT2D eigenvalue weighted by molar-refractivity contribution is 8.00. The van der Waals surface area contributed by atoms with Gasteiger partial charge in [0.2, 0.25) is 0 Å². The van der Waals surface area contributed by atoms with Crippen LogP contribution >= 0.6 is 11.8 Å². The summed E-state index contributed by atoms with van der Waals surface area (Å²) in [5.74, 6) is 2.00. The fourth-order valence-corrected chi connectivity index (χ4v) is 4.67. The SMILES string of the molecule is CN=C(NCC1CCCS1)NCC1(c2ccc(F)cc2)CCC1. The zero-order valence-corrected chi connectivity index (χ0v) is 14.6. The average Bonchev–Trinajstić information content (AvgIpc) is 3.04. The van der Waals surface area contributed by atoms with E-state index >= 15 is 0 Å². The van der Waals surface area contributed by atoms with Gasteiger partial charge in [0.1, 0.15) is 5.82 Å². The van der Waals surface area contributed by atoms with E-state index in [2.05, 4.69) is 27.4 Å². The molecule has 1 aliphatic heterocycles. The van der Waals surface area contributed by atoms with Crippen molar-refractivity contribution in [2.45, 2.75) is 42.8 Å². The van der Waals surface area contributed by atoms with Crippen molar-refractivity contribution in [1.29, 1.82) is 0 Å². The van der Waals surface area contributed by atoms with E-state index < -0.39 is 0 Å². The molecule has 1 heterocycles. The average molecular weight is 335 g/mol. The summed E-state index contributed by atoms with van der Waals surface area (Å²) < 4.78 is 13.2. The van der Waals surface area contributed by atoms with E-state index in [1.165, 1.54) is 30.6 Å². The molecule has 3 rings (SSSR count). The summed E-state index contributed by atoms with van der Waals surface area (Å²) in [6.07, 6.45) is 6.18. The van der Waals surface area contributed by atoms with Crippen molar-refractivity contribution in [3.05, 3.63) is 35.6 Å². The second-order valence-electron chi connectivity index (χ2n) is 6.58. The molecule has 2 fully saturated rings. The van der Waals surface area contributed by atoms with Crippen LogP contribution in [0, 0.1) is 5.82 Å². The first kappa shape index (κ1) is 16.6. The minimum atomic E-state index is -0.164. The Bertz CT molecular complexity index is 534. The summed E-state index contributed by atoms with van der Waals surface area (Å²) in [6, 6.07) is 7.00. The van der Waals surface area contributed by atoms with E-state index in [0.717, 1.165) is 31.9 Å². The summed E-state index contributed by atoms with van der Waals surface area (Å²) in [5, 5.41) is 7.65. The Morgan fingerprint density at radius 2 is 2.04 bits per heavy atom. The molecule has 1 saturated carbocycles. The zero-order chi connectivity index (χ0) is 16.1. The Hall–Kier alpha value is -1.23. The van der Waals surface area contributed by atoms with Gasteiger partial charge in [-0.1, -0.05) is 18.6 Å². The second kappa shape index (κ2) is 7.56. The second-order valence-corrected chi connectivity index (χ2v) is 7.99. The lowest BCUT2D eigenvalue weighted by molar-refractivity contribution is 0.243. The maximum absolute atomic E-state index is 13.2. The van der Waals surface area contributed by atoms with Crippen LogP contribution in [0.4, 0.5) is 4.39 Å². The van der Waals surface area contributed by atoms with Gasteiger partial charge in [0.05, 0.1) is 0 Å². The molecule has 126 valence electrons. The zero-order valence-electron chi connectivity index (χ0n) is 13.8. The number of benzene rings is 1. The molecular formula is C18H26FN3S. The van der Waals surface area contributed by atoms with Gasteiger partial charge in [-0.15, -0.1) is 0 Å². The smallest absolute Gasteiger partial charge is 0.191 e. The van der Waals surface area contributed by atoms with Gasteiger partial charge < -0.3 is 10.6 Å². The molecule has 1 atom stereocenters. The Kier molecular flexibility index (Phi) is 5.46. The molecule has 5 heteroatoms. The first-order valence-corrected chi connectivity index (χ1v) is 9.59. The predicted octanol–water partition coefficient (Wildman–Crippen LogP) is 3.31. The standard InChI is InChI=1S/C18H26FN3S/c1-20-17(21-12-16-4-2-11-23-16)22-13-18(9-3-10-18)14-5-7-15(19)8-6-14/h5-8,16H,2-4,9-13H2,1H3,(H2,20,21,22). The van der Waals surface area contributed by atoms with Gasteiger partial charge in [0.25, 0.3) is 0 Å². The highest BCUT2D eigenvalue weighted by Gasteiger charge is 2.38. The van der Waals surface area contributed by atoms with Gasteiger partial charge in [0.15, 0.2) is 5.96 Å². The predicted molar refractivity (Wildman–Crippen MR) is 96.8 cm³/mol. The van der Waals surface area contributed by atoms with Crippen LogP contribution in [0.25, 0.3) is 0 Å². The fraction of sp³-hybridized carbons (Fsp3) is 0.611. The summed E-state index contributed by atoms with van der Waals surface area (Å²) in [7, 11) is 1.82. The number of rotatable bonds is 5. The van der Waals surface area contributed by atoms with Crippen molar-refractivity contribution < 1.29 is 4.39 Å². The van der Waals surface area contributed by atoms with Crippen molar-refractivity contribution in [1.82, 2.24) is 10.6 Å². The molecule has 0 bridgehead atoms. The van der Waals surface area contributed by atoms with E-state index in [9.17, 15) is 4.39 Å². The minimum Gasteiger partial charge on any atom is -0.356 e. The van der Waals surface area contributed by atoms with Crippen LogP contribution in [-0.2, 0) is 5.41 Å². The van der Waals surface area contributed by atoms with Crippen LogP contribution in [0.3, 0.4) is 0 Å². The third-order valence-electron chi connectivity index (χ3n) is 5.11. The van der Waals surface area contributed by atoms with Crippen molar-refractivity contribution in [3.63, 3.8) is 0 Å². The summed E-state index contributed by atoms with van der Waals surface area (Å²) in [4.78, 5) is 4.34. The Morgan fingerprint density at radius 3 is 2.61 bits per heavy atom. The normalized spacial score (nSPS) is 23.4. The Labute approximate surface area is 142 Å². The molecule has 1 aromatic carbocycles. The van der Waals surface area contributed by atoms with Gasteiger partial charge in [-0.05, 0) is 49.1 Å². The van der Waals surface area contributed by atoms with Gasteiger partial charge in [0, 0.05) is 30.8 Å². The molecule has 0 aromatic heterocycles. The molecule has 2 N–H and O–H groups in total. The van der Waals surface area contributed by atoms with Gasteiger partial charge >= 0.3 is 0 Å². The lowest BCUT2D eigenvalue weighted by atomic mass is 9.64. The van der Waals surface area contributed by atoms with Crippen LogP contribution in [0.1, 0.15) is 37.7 Å². The number of nitrogens with zero attached hydrogens (tertiary/aromatic N) is 1. The lowest BCUT2D eigenvalue weighted by Crippen LogP contribution is -2.49. The highest BCUT2D eigenvalue weighted by Crippen LogP contribution is 2.43. The molecule has 1 aromatic rings. The molecule has 0 radical (unpaired) electrons. The first-order valence-electron chi connectivity index (χ1n) is 8.54. The molecule has 0 spiro atoms. The van der Waals surface area contributed by atoms with Crippen LogP contribution in [0.15, 0.2) is 29.3 Å². The molecule has 1 saturated heterocycles. The van der Waals surface area contributed by atoms with Crippen LogP contribution in [0.2, 0.25) is 0 Å². The van der Waals surface area contributed by atoms with E-state index in [0.29, 0.717) is 5.25 Å². The van der Waals surface area contributed by atoms with Crippen molar-refractivity contribution in [2.24, 2.45) is 4.99 Å². The quantitative estimate of drug-likeness (QED) is 0.640. The summed E-state index contributed by atoms with van der Waals surface area (Å²) in [5.41, 5.74) is 1.37. The lowest BCUT2D eigenvalue weighted by Gasteiger charge is -2.43. The number of hydrogen-bond acceptors (Lipinski definition) is 2. The number of thioether (sulfide) groups is 1. The Morgan fingerprint density at radius 1 is 1.26 bits per heavy atom. The van der Waals surface area contributed by atoms with Crippen LogP contribution in [0.5, 0.6) is 0 Å². The van der Waals surface area contributed by atoms with Crippen molar-refractivity contribution in [2.75, 3.05) is 25.9 Å². The van der Waals surface area contributed by atoms with E-state index in [4.69, 9.17) is 0 Å². The number of aliphatic imine (C=N–C) groups is 1. The Balaban J connectivity index is 1.55. The molecule has 23 heavy (non-hydrogen) atoms. The van der Waals surface area contributed by atoms with E-state index in [1.807, 2.05) is 19.2 Å². The number of guanidine groups is 1. The topological polar surface area (TPSA) is 36.4 Å². The number of halogens is 1. The molecule has 1 aliphatic carbocycles. The number of nitrogens with one attached hydrogen (secondary N) is 2. The van der Waals surface area contributed by atoms with E-state index in [1.54, 1.807) is 12.1 Å². The van der Waals surface area contributed by atoms with Gasteiger partial charge in [-0.25, -0.2) is 4.39 Å². The number of hydrogen-bond donors (Lipinski definition) is 2. The monoisotopic (exact) mass is 335 g/mol. The van der Waals surface area contributed by atoms with Crippen molar-refractivity contribution in [3.8, 4) is 0 Å². The van der Waals surface area contributed by atoms with Crippen LogP contribution < -0.4 is 10.6 Å². The minimum absolute atomic E-state index is 0.132. The van der Waals surface area contributed by atoms with Gasteiger partial charge in [-0.2, -0.15) is 11.8 Å². The molecule has 3 nitrogen and oxygen atoms in total.